The molecule has 2 heterocycles. The van der Waals surface area contributed by atoms with Gasteiger partial charge in [0.15, 0.2) is 5.43 Å². The van der Waals surface area contributed by atoms with Gasteiger partial charge in [-0.15, -0.1) is 24.8 Å². The zero-order chi connectivity index (χ0) is 18.8. The lowest BCUT2D eigenvalue weighted by Gasteiger charge is -2.16. The highest BCUT2D eigenvalue weighted by molar-refractivity contribution is 6.06. The first-order valence-electron chi connectivity index (χ1n) is 9.47. The number of imidazole rings is 1. The SMILES string of the molecule is CN(CCCN)CCCNc1ccc2ncn3c4ccccc4c(=O)c1c23.Cl.Cl. The van der Waals surface area contributed by atoms with Gasteiger partial charge in [-0.3, -0.25) is 9.20 Å². The van der Waals surface area contributed by atoms with Crippen molar-refractivity contribution in [3.8, 4) is 0 Å². The second kappa shape index (κ2) is 10.1. The maximum Gasteiger partial charge on any atom is 0.199 e. The number of nitrogens with two attached hydrogens (primary N) is 1. The number of benzene rings is 2. The summed E-state index contributed by atoms with van der Waals surface area (Å²) in [5.74, 6) is 0. The standard InChI is InChI=1S/C21H25N5O.2ClH/c1-25(12-4-10-22)13-5-11-23-16-8-9-17-20-19(16)21(27)15-6-2-3-7-18(15)26(20)14-24-17;;/h2-3,6-9,14,23H,4-5,10-13,22H2,1H3;2*1H. The molecule has 4 aromatic rings. The van der Waals surface area contributed by atoms with Crippen molar-refractivity contribution >= 4 is 57.8 Å². The van der Waals surface area contributed by atoms with Crippen molar-refractivity contribution in [2.45, 2.75) is 12.8 Å². The molecule has 0 aliphatic rings. The van der Waals surface area contributed by atoms with E-state index in [1.807, 2.05) is 40.8 Å². The number of rotatable bonds is 8. The van der Waals surface area contributed by atoms with Gasteiger partial charge >= 0.3 is 0 Å². The predicted molar refractivity (Wildman–Crippen MR) is 126 cm³/mol. The number of fused-ring (bicyclic) bond motifs is 2. The molecular weight excluding hydrogens is 409 g/mol. The fourth-order valence-corrected chi connectivity index (χ4v) is 3.72. The predicted octanol–water partition coefficient (Wildman–Crippen LogP) is 3.36. The zero-order valence-corrected chi connectivity index (χ0v) is 18.1. The summed E-state index contributed by atoms with van der Waals surface area (Å²) in [6.45, 7) is 3.55. The summed E-state index contributed by atoms with van der Waals surface area (Å²) in [4.78, 5) is 19.9. The molecule has 29 heavy (non-hydrogen) atoms. The second-order valence-electron chi connectivity index (χ2n) is 7.04. The number of nitrogens with zero attached hydrogens (tertiary/aromatic N) is 3. The van der Waals surface area contributed by atoms with Crippen molar-refractivity contribution in [2.75, 3.05) is 38.5 Å². The van der Waals surface area contributed by atoms with Gasteiger partial charge in [0.2, 0.25) is 0 Å². The van der Waals surface area contributed by atoms with Crippen LogP contribution in [0.5, 0.6) is 0 Å². The largest absolute Gasteiger partial charge is 0.384 e. The van der Waals surface area contributed by atoms with Crippen LogP contribution < -0.4 is 16.5 Å². The molecule has 156 valence electrons. The highest BCUT2D eigenvalue weighted by Gasteiger charge is 2.15. The normalized spacial score (nSPS) is 11.1. The van der Waals surface area contributed by atoms with Gasteiger partial charge in [0.1, 0.15) is 6.33 Å². The van der Waals surface area contributed by atoms with E-state index in [9.17, 15) is 4.79 Å². The molecule has 4 rings (SSSR count). The minimum atomic E-state index is 0. The molecule has 0 amide bonds. The van der Waals surface area contributed by atoms with Gasteiger partial charge in [0, 0.05) is 17.6 Å². The molecule has 2 aromatic carbocycles. The highest BCUT2D eigenvalue weighted by Crippen LogP contribution is 2.28. The van der Waals surface area contributed by atoms with Gasteiger partial charge in [-0.2, -0.15) is 0 Å². The molecular formula is C21H27Cl2N5O. The number of para-hydroxylation sites is 1. The van der Waals surface area contributed by atoms with Crippen molar-refractivity contribution in [1.29, 1.82) is 0 Å². The van der Waals surface area contributed by atoms with Crippen molar-refractivity contribution < 1.29 is 0 Å². The van der Waals surface area contributed by atoms with Gasteiger partial charge in [0.05, 0.1) is 21.9 Å². The Morgan fingerprint density at radius 2 is 1.86 bits per heavy atom. The summed E-state index contributed by atoms with van der Waals surface area (Å²) >= 11 is 0. The van der Waals surface area contributed by atoms with Crippen LogP contribution in [0.1, 0.15) is 12.8 Å². The number of anilines is 1. The van der Waals surface area contributed by atoms with Crippen LogP contribution in [-0.2, 0) is 0 Å². The van der Waals surface area contributed by atoms with Gasteiger partial charge in [0.25, 0.3) is 0 Å². The van der Waals surface area contributed by atoms with Crippen LogP contribution in [0.2, 0.25) is 0 Å². The van der Waals surface area contributed by atoms with E-state index in [4.69, 9.17) is 5.73 Å². The smallest absolute Gasteiger partial charge is 0.199 e. The Kier molecular flexibility index (Phi) is 8.05. The van der Waals surface area contributed by atoms with E-state index in [1.165, 1.54) is 0 Å². The second-order valence-corrected chi connectivity index (χ2v) is 7.04. The summed E-state index contributed by atoms with van der Waals surface area (Å²) in [5.41, 5.74) is 9.15. The van der Waals surface area contributed by atoms with Crippen LogP contribution in [0.25, 0.3) is 27.3 Å². The fourth-order valence-electron chi connectivity index (χ4n) is 3.72. The third-order valence-corrected chi connectivity index (χ3v) is 5.12. The Morgan fingerprint density at radius 1 is 1.10 bits per heavy atom. The van der Waals surface area contributed by atoms with E-state index < -0.39 is 0 Å². The van der Waals surface area contributed by atoms with E-state index in [1.54, 1.807) is 6.33 Å². The Morgan fingerprint density at radius 3 is 2.66 bits per heavy atom. The maximum absolute atomic E-state index is 13.2. The zero-order valence-electron chi connectivity index (χ0n) is 16.4. The lowest BCUT2D eigenvalue weighted by atomic mass is 10.1. The van der Waals surface area contributed by atoms with Crippen LogP contribution in [-0.4, -0.2) is 47.5 Å². The van der Waals surface area contributed by atoms with Crippen LogP contribution in [0, 0.1) is 0 Å². The number of halogens is 2. The molecule has 0 aliphatic carbocycles. The molecule has 0 spiro atoms. The summed E-state index contributed by atoms with van der Waals surface area (Å²) in [6.07, 6.45) is 3.82. The van der Waals surface area contributed by atoms with E-state index in [0.29, 0.717) is 0 Å². The Balaban J connectivity index is 0.00000150. The topological polar surface area (TPSA) is 75.7 Å². The molecule has 0 saturated carbocycles. The third-order valence-electron chi connectivity index (χ3n) is 5.12. The first-order valence-corrected chi connectivity index (χ1v) is 9.47. The highest BCUT2D eigenvalue weighted by atomic mass is 35.5. The minimum absolute atomic E-state index is 0. The number of nitrogens with one attached hydrogen (secondary N) is 1. The lowest BCUT2D eigenvalue weighted by Crippen LogP contribution is -2.24. The molecule has 0 unspecified atom stereocenters. The van der Waals surface area contributed by atoms with E-state index in [-0.39, 0.29) is 30.2 Å². The first-order chi connectivity index (χ1) is 13.2. The van der Waals surface area contributed by atoms with Crippen molar-refractivity contribution in [3.63, 3.8) is 0 Å². The summed E-state index contributed by atoms with van der Waals surface area (Å²) < 4.78 is 2.02. The molecule has 8 heteroatoms. The average Bonchev–Trinajstić information content (AvgIpc) is 3.12. The Hall–Kier alpha value is -2.12. The quantitative estimate of drug-likeness (QED) is 0.327. The number of aromatic nitrogens is 2. The molecule has 6 nitrogen and oxygen atoms in total. The van der Waals surface area contributed by atoms with E-state index in [0.717, 1.165) is 72.0 Å². The lowest BCUT2D eigenvalue weighted by molar-refractivity contribution is 0.330. The maximum atomic E-state index is 13.2. The molecule has 0 aliphatic heterocycles. The summed E-state index contributed by atoms with van der Waals surface area (Å²) in [5, 5.41) is 4.91. The number of hydrogen-bond donors (Lipinski definition) is 2. The van der Waals surface area contributed by atoms with Gasteiger partial charge in [-0.25, -0.2) is 4.98 Å². The average molecular weight is 436 g/mol. The van der Waals surface area contributed by atoms with E-state index >= 15 is 0 Å². The number of pyridine rings is 1. The molecule has 0 fully saturated rings. The molecule has 0 atom stereocenters. The monoisotopic (exact) mass is 435 g/mol. The van der Waals surface area contributed by atoms with Crippen molar-refractivity contribution in [3.05, 3.63) is 52.9 Å². The molecule has 3 N–H and O–H groups in total. The Labute approximate surface area is 182 Å². The molecule has 0 saturated heterocycles. The van der Waals surface area contributed by atoms with Crippen molar-refractivity contribution in [2.24, 2.45) is 5.73 Å². The third kappa shape index (κ3) is 4.41. The van der Waals surface area contributed by atoms with Gasteiger partial charge < -0.3 is 16.0 Å². The minimum Gasteiger partial charge on any atom is -0.384 e. The Bertz CT molecular complexity index is 1130. The first kappa shape index (κ1) is 23.2. The van der Waals surface area contributed by atoms with Gasteiger partial charge in [-0.05, 0) is 63.8 Å². The van der Waals surface area contributed by atoms with E-state index in [2.05, 4.69) is 22.2 Å². The summed E-state index contributed by atoms with van der Waals surface area (Å²) in [7, 11) is 2.12. The molecule has 0 radical (unpaired) electrons. The molecule has 2 aromatic heterocycles. The fraction of sp³-hybridized carbons (Fsp3) is 0.333. The van der Waals surface area contributed by atoms with Crippen LogP contribution in [0.3, 0.4) is 0 Å². The van der Waals surface area contributed by atoms with Crippen molar-refractivity contribution in [1.82, 2.24) is 14.3 Å². The van der Waals surface area contributed by atoms with Crippen LogP contribution >= 0.6 is 24.8 Å². The summed E-state index contributed by atoms with van der Waals surface area (Å²) in [6, 6.07) is 11.7. The number of hydrogen-bond acceptors (Lipinski definition) is 5. The molecule has 0 bridgehead atoms. The van der Waals surface area contributed by atoms with Gasteiger partial charge in [-0.1, -0.05) is 12.1 Å². The van der Waals surface area contributed by atoms with Crippen LogP contribution in [0.15, 0.2) is 47.5 Å². The van der Waals surface area contributed by atoms with Crippen LogP contribution in [0.4, 0.5) is 5.69 Å².